The van der Waals surface area contributed by atoms with Crippen LogP contribution in [0.15, 0.2) is 84.9 Å². The number of fused-ring (bicyclic) bond motifs is 2. The number of hydrogen-bond acceptors (Lipinski definition) is 4. The summed E-state index contributed by atoms with van der Waals surface area (Å²) < 4.78 is 10.2. The number of aromatic nitrogens is 4. The van der Waals surface area contributed by atoms with Crippen molar-refractivity contribution in [2.75, 3.05) is 0 Å². The van der Waals surface area contributed by atoms with Crippen LogP contribution in [0.5, 0.6) is 0 Å². The van der Waals surface area contributed by atoms with E-state index in [1.807, 2.05) is 51.1 Å². The number of benzene rings is 4. The summed E-state index contributed by atoms with van der Waals surface area (Å²) in [4.78, 5) is 23.0. The van der Waals surface area contributed by atoms with Gasteiger partial charge >= 0.3 is 5.97 Å². The smallest absolute Gasteiger partial charge is 0.339 e. The molecule has 0 N–H and O–H groups in total. The predicted molar refractivity (Wildman–Crippen MR) is 174 cm³/mol. The van der Waals surface area contributed by atoms with Crippen molar-refractivity contribution in [1.29, 1.82) is 0 Å². The first-order chi connectivity index (χ1) is 20.6. The van der Waals surface area contributed by atoms with E-state index >= 15 is 0 Å². The number of carbonyl (C=O) groups is 1. The van der Waals surface area contributed by atoms with Gasteiger partial charge in [0.05, 0.1) is 27.6 Å². The molecule has 6 heteroatoms. The molecule has 2 aromatic heterocycles. The minimum atomic E-state index is -0.556. The van der Waals surface area contributed by atoms with Gasteiger partial charge in [-0.2, -0.15) is 0 Å². The molecule has 4 aromatic carbocycles. The van der Waals surface area contributed by atoms with Gasteiger partial charge in [-0.15, -0.1) is 0 Å². The summed E-state index contributed by atoms with van der Waals surface area (Å²) in [6.45, 7) is 10.7. The van der Waals surface area contributed by atoms with Crippen LogP contribution >= 0.6 is 0 Å². The highest BCUT2D eigenvalue weighted by atomic mass is 16.6. The number of para-hydroxylation sites is 2. The van der Waals surface area contributed by atoms with Gasteiger partial charge in [0.1, 0.15) is 17.2 Å². The third-order valence-electron chi connectivity index (χ3n) is 7.79. The molecule has 6 nitrogen and oxygen atoms in total. The summed E-state index contributed by atoms with van der Waals surface area (Å²) in [6.07, 6.45) is 1.91. The number of carbonyl (C=O) groups excluding carboxylic acids is 1. The number of hydrogen-bond donors (Lipinski definition) is 0. The standard InChI is InChI=1S/C37H38N4O2/c1-7-12-33-39-34-24(2)21-27(35-38-30-15-10-11-16-31(30)40(35)6)22-32(34)41(33)23-25-17-19-26(20-18-25)28-13-8-9-14-29(28)36(42)43-37(3,4)5/h8-11,13-22H,7,12,23H2,1-6H3. The molecule has 0 fully saturated rings. The zero-order valence-electron chi connectivity index (χ0n) is 25.8. The largest absolute Gasteiger partial charge is 0.456 e. The van der Waals surface area contributed by atoms with Crippen molar-refractivity contribution in [2.24, 2.45) is 7.05 Å². The van der Waals surface area contributed by atoms with Crippen LogP contribution in [0, 0.1) is 6.92 Å². The molecule has 0 aliphatic carbocycles. The SMILES string of the molecule is CCCc1nc2c(C)cc(-c3nc4ccccc4n3C)cc2n1Cc1ccc(-c2ccccc2C(=O)OC(C)(C)C)cc1. The third kappa shape index (κ3) is 5.57. The van der Waals surface area contributed by atoms with Gasteiger partial charge in [-0.25, -0.2) is 14.8 Å². The maximum Gasteiger partial charge on any atom is 0.339 e. The molecule has 0 bridgehead atoms. The average Bonchev–Trinajstić information content (AvgIpc) is 3.50. The Labute approximate surface area is 253 Å². The molecule has 0 atom stereocenters. The summed E-state index contributed by atoms with van der Waals surface area (Å²) in [5.41, 5.74) is 9.52. The molecular formula is C37H38N4O2. The quantitative estimate of drug-likeness (QED) is 0.181. The fraction of sp³-hybridized carbons (Fsp3) is 0.270. The summed E-state index contributed by atoms with van der Waals surface area (Å²) in [6, 6.07) is 28.8. The lowest BCUT2D eigenvalue weighted by Gasteiger charge is -2.20. The van der Waals surface area contributed by atoms with E-state index in [1.165, 1.54) is 5.56 Å². The van der Waals surface area contributed by atoms with Gasteiger partial charge in [0, 0.05) is 25.6 Å². The second-order valence-electron chi connectivity index (χ2n) is 12.3. The second-order valence-corrected chi connectivity index (χ2v) is 12.3. The minimum Gasteiger partial charge on any atom is -0.456 e. The van der Waals surface area contributed by atoms with E-state index in [2.05, 4.69) is 84.6 Å². The summed E-state index contributed by atoms with van der Waals surface area (Å²) in [7, 11) is 2.08. The van der Waals surface area contributed by atoms with Crippen molar-refractivity contribution >= 4 is 28.0 Å². The molecule has 0 radical (unpaired) electrons. The highest BCUT2D eigenvalue weighted by Gasteiger charge is 2.21. The number of nitrogens with zero attached hydrogens (tertiary/aromatic N) is 4. The summed E-state index contributed by atoms with van der Waals surface area (Å²) >= 11 is 0. The average molecular weight is 571 g/mol. The first-order valence-corrected chi connectivity index (χ1v) is 15.0. The van der Waals surface area contributed by atoms with Crippen molar-refractivity contribution in [1.82, 2.24) is 19.1 Å². The van der Waals surface area contributed by atoms with Crippen LogP contribution in [-0.2, 0) is 24.8 Å². The Hall–Kier alpha value is -4.71. The molecule has 0 aliphatic rings. The van der Waals surface area contributed by atoms with E-state index in [9.17, 15) is 4.79 Å². The fourth-order valence-electron chi connectivity index (χ4n) is 5.78. The minimum absolute atomic E-state index is 0.312. The second kappa shape index (κ2) is 11.2. The van der Waals surface area contributed by atoms with Crippen molar-refractivity contribution in [2.45, 2.75) is 59.6 Å². The van der Waals surface area contributed by atoms with E-state index in [4.69, 9.17) is 14.7 Å². The molecule has 6 aromatic rings. The van der Waals surface area contributed by atoms with Gasteiger partial charge in [0.2, 0.25) is 0 Å². The molecule has 0 spiro atoms. The van der Waals surface area contributed by atoms with E-state index in [1.54, 1.807) is 0 Å². The Morgan fingerprint density at radius 3 is 2.30 bits per heavy atom. The normalized spacial score (nSPS) is 11.9. The summed E-state index contributed by atoms with van der Waals surface area (Å²) in [5, 5.41) is 0. The highest BCUT2D eigenvalue weighted by molar-refractivity contribution is 5.97. The zero-order chi connectivity index (χ0) is 30.3. The van der Waals surface area contributed by atoms with Gasteiger partial charge in [-0.3, -0.25) is 0 Å². The summed E-state index contributed by atoms with van der Waals surface area (Å²) in [5.74, 6) is 1.72. The molecule has 0 amide bonds. The van der Waals surface area contributed by atoms with E-state index in [0.717, 1.165) is 68.8 Å². The number of aryl methyl sites for hydroxylation is 3. The van der Waals surface area contributed by atoms with Crippen LogP contribution in [0.4, 0.5) is 0 Å². The Morgan fingerprint density at radius 1 is 0.860 bits per heavy atom. The Kier molecular flexibility index (Phi) is 7.38. The van der Waals surface area contributed by atoms with Crippen LogP contribution in [-0.4, -0.2) is 30.7 Å². The predicted octanol–water partition coefficient (Wildman–Crippen LogP) is 8.52. The van der Waals surface area contributed by atoms with Gasteiger partial charge in [-0.1, -0.05) is 61.5 Å². The van der Waals surface area contributed by atoms with Gasteiger partial charge in [0.15, 0.2) is 0 Å². The van der Waals surface area contributed by atoms with Gasteiger partial charge in [-0.05, 0) is 86.7 Å². The molecule has 2 heterocycles. The first kappa shape index (κ1) is 28.4. The molecule has 6 rings (SSSR count). The van der Waals surface area contributed by atoms with E-state index in [0.29, 0.717) is 12.1 Å². The maximum atomic E-state index is 12.9. The molecule has 0 saturated carbocycles. The molecule has 218 valence electrons. The molecule has 0 aliphatic heterocycles. The van der Waals surface area contributed by atoms with Crippen molar-refractivity contribution in [3.63, 3.8) is 0 Å². The lowest BCUT2D eigenvalue weighted by atomic mass is 9.98. The van der Waals surface area contributed by atoms with Gasteiger partial charge < -0.3 is 13.9 Å². The van der Waals surface area contributed by atoms with E-state index < -0.39 is 5.60 Å². The van der Waals surface area contributed by atoms with Crippen LogP contribution < -0.4 is 0 Å². The van der Waals surface area contributed by atoms with Crippen LogP contribution in [0.25, 0.3) is 44.6 Å². The van der Waals surface area contributed by atoms with Crippen LogP contribution in [0.2, 0.25) is 0 Å². The van der Waals surface area contributed by atoms with Gasteiger partial charge in [0.25, 0.3) is 0 Å². The third-order valence-corrected chi connectivity index (χ3v) is 7.79. The number of rotatable bonds is 7. The lowest BCUT2D eigenvalue weighted by Crippen LogP contribution is -2.24. The van der Waals surface area contributed by atoms with Crippen molar-refractivity contribution < 1.29 is 9.53 Å². The molecule has 43 heavy (non-hydrogen) atoms. The lowest BCUT2D eigenvalue weighted by molar-refractivity contribution is 0.00704. The first-order valence-electron chi connectivity index (χ1n) is 15.0. The fourth-order valence-corrected chi connectivity index (χ4v) is 5.78. The van der Waals surface area contributed by atoms with E-state index in [-0.39, 0.29) is 5.97 Å². The van der Waals surface area contributed by atoms with Crippen molar-refractivity contribution in [3.05, 3.63) is 107 Å². The van der Waals surface area contributed by atoms with Crippen LogP contribution in [0.3, 0.4) is 0 Å². The molecule has 0 unspecified atom stereocenters. The zero-order valence-corrected chi connectivity index (χ0v) is 25.8. The Morgan fingerprint density at radius 2 is 1.58 bits per heavy atom. The number of esters is 1. The molecular weight excluding hydrogens is 532 g/mol. The maximum absolute atomic E-state index is 12.9. The number of ether oxygens (including phenoxy) is 1. The topological polar surface area (TPSA) is 61.9 Å². The Balaban J connectivity index is 1.37. The monoisotopic (exact) mass is 570 g/mol. The highest BCUT2D eigenvalue weighted by Crippen LogP contribution is 2.31. The van der Waals surface area contributed by atoms with Crippen molar-refractivity contribution in [3.8, 4) is 22.5 Å². The Bertz CT molecular complexity index is 1960. The number of imidazole rings is 2. The molecule has 0 saturated heterocycles. The van der Waals surface area contributed by atoms with Crippen LogP contribution in [0.1, 0.15) is 61.4 Å².